The van der Waals surface area contributed by atoms with Crippen LogP contribution in [0.25, 0.3) is 0 Å². The molecule has 21 heavy (non-hydrogen) atoms. The molecule has 1 heterocycles. The lowest BCUT2D eigenvalue weighted by molar-refractivity contribution is -0.148. The normalized spacial score (nSPS) is 26.0. The van der Waals surface area contributed by atoms with Crippen molar-refractivity contribution < 1.29 is 23.1 Å². The van der Waals surface area contributed by atoms with E-state index in [0.29, 0.717) is 5.56 Å². The number of hydrogen-bond donors (Lipinski definition) is 2. The van der Waals surface area contributed by atoms with Crippen molar-refractivity contribution in [3.8, 4) is 0 Å². The Bertz CT molecular complexity index is 670. The van der Waals surface area contributed by atoms with Gasteiger partial charge in [-0.25, -0.2) is 13.1 Å². The van der Waals surface area contributed by atoms with Crippen LogP contribution in [0, 0.1) is 19.3 Å². The number of benzene rings is 1. The van der Waals surface area contributed by atoms with E-state index in [-0.39, 0.29) is 18.1 Å². The summed E-state index contributed by atoms with van der Waals surface area (Å²) < 4.78 is 32.6. The van der Waals surface area contributed by atoms with Crippen LogP contribution in [0.3, 0.4) is 0 Å². The molecule has 0 aromatic heterocycles. The average molecular weight is 313 g/mol. The molecule has 1 aromatic rings. The zero-order valence-corrected chi connectivity index (χ0v) is 13.0. The van der Waals surface area contributed by atoms with Crippen molar-refractivity contribution in [1.82, 2.24) is 4.72 Å². The van der Waals surface area contributed by atoms with Gasteiger partial charge in [-0.1, -0.05) is 17.7 Å². The molecule has 0 aliphatic carbocycles. The lowest BCUT2D eigenvalue weighted by Crippen LogP contribution is -2.49. The first-order valence-corrected chi connectivity index (χ1v) is 8.06. The number of carboxylic acids is 1. The van der Waals surface area contributed by atoms with E-state index in [9.17, 15) is 18.3 Å². The summed E-state index contributed by atoms with van der Waals surface area (Å²) in [6.45, 7) is 5.11. The first kappa shape index (κ1) is 15.9. The van der Waals surface area contributed by atoms with E-state index in [2.05, 4.69) is 4.72 Å². The fourth-order valence-corrected chi connectivity index (χ4v) is 3.96. The Morgan fingerprint density at radius 2 is 2.10 bits per heavy atom. The number of carbonyl (C=O) groups is 1. The number of sulfonamides is 1. The van der Waals surface area contributed by atoms with Crippen molar-refractivity contribution in [2.24, 2.45) is 5.41 Å². The summed E-state index contributed by atoms with van der Waals surface area (Å²) in [7, 11) is -3.79. The molecule has 2 atom stereocenters. The summed E-state index contributed by atoms with van der Waals surface area (Å²) in [5, 5.41) is 9.29. The van der Waals surface area contributed by atoms with Gasteiger partial charge in [0.15, 0.2) is 0 Å². The van der Waals surface area contributed by atoms with Crippen LogP contribution in [0.4, 0.5) is 0 Å². The third kappa shape index (κ3) is 2.95. The molecule has 0 spiro atoms. The third-order valence-electron chi connectivity index (χ3n) is 3.86. The highest BCUT2D eigenvalue weighted by Gasteiger charge is 2.48. The molecule has 1 aliphatic heterocycles. The van der Waals surface area contributed by atoms with Crippen LogP contribution in [0.1, 0.15) is 18.1 Å². The molecule has 2 unspecified atom stereocenters. The van der Waals surface area contributed by atoms with Gasteiger partial charge in [-0.05, 0) is 32.4 Å². The van der Waals surface area contributed by atoms with Gasteiger partial charge < -0.3 is 9.84 Å². The zero-order valence-electron chi connectivity index (χ0n) is 12.2. The Morgan fingerprint density at radius 3 is 2.67 bits per heavy atom. The second kappa shape index (κ2) is 5.40. The Hall–Kier alpha value is -1.44. The highest BCUT2D eigenvalue weighted by Crippen LogP contribution is 2.30. The molecule has 1 aromatic carbocycles. The van der Waals surface area contributed by atoms with Crippen molar-refractivity contribution >= 4 is 16.0 Å². The van der Waals surface area contributed by atoms with Crippen LogP contribution in [0.2, 0.25) is 0 Å². The fourth-order valence-electron chi connectivity index (χ4n) is 2.40. The number of rotatable bonds is 4. The largest absolute Gasteiger partial charge is 0.481 e. The lowest BCUT2D eigenvalue weighted by atomic mass is 9.86. The first-order chi connectivity index (χ1) is 9.67. The summed E-state index contributed by atoms with van der Waals surface area (Å²) in [6.07, 6.45) is 0. The molecular formula is C14H19NO5S. The average Bonchev–Trinajstić information content (AvgIpc) is 2.71. The molecule has 6 nitrogen and oxygen atoms in total. The van der Waals surface area contributed by atoms with E-state index in [1.165, 1.54) is 13.0 Å². The Balaban J connectivity index is 2.31. The van der Waals surface area contributed by atoms with Crippen molar-refractivity contribution in [2.45, 2.75) is 31.7 Å². The second-order valence-electron chi connectivity index (χ2n) is 5.68. The Labute approximate surface area is 124 Å². The van der Waals surface area contributed by atoms with Crippen LogP contribution < -0.4 is 4.72 Å². The maximum Gasteiger partial charge on any atom is 0.313 e. The molecule has 0 saturated carbocycles. The monoisotopic (exact) mass is 313 g/mol. The SMILES string of the molecule is Cc1ccc(S(=O)(=O)NC2COCC2(C)C(=O)O)c(C)c1. The summed E-state index contributed by atoms with van der Waals surface area (Å²) >= 11 is 0. The minimum absolute atomic E-state index is 0.0115. The molecule has 2 rings (SSSR count). The molecule has 2 N–H and O–H groups in total. The van der Waals surface area contributed by atoms with Crippen molar-refractivity contribution in [3.63, 3.8) is 0 Å². The lowest BCUT2D eigenvalue weighted by Gasteiger charge is -2.25. The van der Waals surface area contributed by atoms with E-state index >= 15 is 0 Å². The number of carboxylic acid groups (broad SMARTS) is 1. The number of hydrogen-bond acceptors (Lipinski definition) is 4. The van der Waals surface area contributed by atoms with Crippen LogP contribution in [-0.2, 0) is 19.6 Å². The van der Waals surface area contributed by atoms with Gasteiger partial charge >= 0.3 is 5.97 Å². The maximum atomic E-state index is 12.5. The van der Waals surface area contributed by atoms with Gasteiger partial charge in [0.25, 0.3) is 0 Å². The predicted octanol–water partition coefficient (Wildman–Crippen LogP) is 1.07. The summed E-state index contributed by atoms with van der Waals surface area (Å²) in [4.78, 5) is 11.5. The van der Waals surface area contributed by atoms with E-state index in [4.69, 9.17) is 4.74 Å². The molecule has 1 aliphatic rings. The number of nitrogens with one attached hydrogen (secondary N) is 1. The minimum Gasteiger partial charge on any atom is -0.481 e. The molecular weight excluding hydrogens is 294 g/mol. The molecule has 1 saturated heterocycles. The second-order valence-corrected chi connectivity index (χ2v) is 7.36. The van der Waals surface area contributed by atoms with Gasteiger partial charge in [-0.15, -0.1) is 0 Å². The standard InChI is InChI=1S/C14H19NO5S/c1-9-4-5-11(10(2)6-9)21(18,19)15-12-7-20-8-14(12,3)13(16)17/h4-6,12,15H,7-8H2,1-3H3,(H,16,17). The summed E-state index contributed by atoms with van der Waals surface area (Å²) in [5.74, 6) is -1.08. The van der Waals surface area contributed by atoms with Gasteiger partial charge in [0.1, 0.15) is 5.41 Å². The van der Waals surface area contributed by atoms with E-state index < -0.39 is 27.4 Å². The topological polar surface area (TPSA) is 92.7 Å². The Morgan fingerprint density at radius 1 is 1.43 bits per heavy atom. The number of aryl methyl sites for hydroxylation is 2. The van der Waals surface area contributed by atoms with E-state index in [0.717, 1.165) is 5.56 Å². The van der Waals surface area contributed by atoms with Gasteiger partial charge in [0.05, 0.1) is 24.2 Å². The van der Waals surface area contributed by atoms with Crippen LogP contribution >= 0.6 is 0 Å². The van der Waals surface area contributed by atoms with E-state index in [1.54, 1.807) is 19.1 Å². The van der Waals surface area contributed by atoms with E-state index in [1.807, 2.05) is 6.92 Å². The predicted molar refractivity (Wildman–Crippen MR) is 76.6 cm³/mol. The van der Waals surface area contributed by atoms with Gasteiger partial charge in [-0.3, -0.25) is 4.79 Å². The summed E-state index contributed by atoms with van der Waals surface area (Å²) in [6, 6.07) is 4.22. The quantitative estimate of drug-likeness (QED) is 0.867. The van der Waals surface area contributed by atoms with Crippen LogP contribution in [0.5, 0.6) is 0 Å². The maximum absolute atomic E-state index is 12.5. The molecule has 7 heteroatoms. The highest BCUT2D eigenvalue weighted by atomic mass is 32.2. The molecule has 0 amide bonds. The van der Waals surface area contributed by atoms with Crippen molar-refractivity contribution in [2.75, 3.05) is 13.2 Å². The fraction of sp³-hybridized carbons (Fsp3) is 0.500. The molecule has 1 fully saturated rings. The number of aliphatic carboxylic acids is 1. The van der Waals surface area contributed by atoms with Crippen molar-refractivity contribution in [1.29, 1.82) is 0 Å². The number of ether oxygens (including phenoxy) is 1. The van der Waals surface area contributed by atoms with Gasteiger partial charge in [0, 0.05) is 0 Å². The smallest absolute Gasteiger partial charge is 0.313 e. The van der Waals surface area contributed by atoms with Crippen LogP contribution in [0.15, 0.2) is 23.1 Å². The zero-order chi connectivity index (χ0) is 15.8. The Kier molecular flexibility index (Phi) is 4.10. The molecule has 0 radical (unpaired) electrons. The first-order valence-electron chi connectivity index (χ1n) is 6.57. The highest BCUT2D eigenvalue weighted by molar-refractivity contribution is 7.89. The third-order valence-corrected chi connectivity index (χ3v) is 5.49. The summed E-state index contributed by atoms with van der Waals surface area (Å²) in [5.41, 5.74) is 0.329. The van der Waals surface area contributed by atoms with Crippen LogP contribution in [-0.4, -0.2) is 38.7 Å². The van der Waals surface area contributed by atoms with Gasteiger partial charge in [-0.2, -0.15) is 0 Å². The minimum atomic E-state index is -3.79. The van der Waals surface area contributed by atoms with Gasteiger partial charge in [0.2, 0.25) is 10.0 Å². The molecule has 0 bridgehead atoms. The molecule has 116 valence electrons. The van der Waals surface area contributed by atoms with Crippen molar-refractivity contribution in [3.05, 3.63) is 29.3 Å².